The number of H-pyrrole nitrogens is 1. The second kappa shape index (κ2) is 8.68. The molecule has 0 saturated carbocycles. The molecule has 0 fully saturated rings. The summed E-state index contributed by atoms with van der Waals surface area (Å²) < 4.78 is 42.4. The highest BCUT2D eigenvalue weighted by atomic mass is 35.5. The first-order chi connectivity index (χ1) is 14.8. The maximum Gasteiger partial charge on any atom is 0.422 e. The standard InChI is InChI=1S/C21H18ClF3N4O2/c22-15-5-3-13(4-6-15)18-27-17-7-9-29(11-16(17)19(30)28-18)10-14-2-1-8-26-20(14)31-12-21(23,24)25/h1-6,8H,7,9-12H2,(H,27,28,30). The zero-order valence-corrected chi connectivity index (χ0v) is 17.0. The van der Waals surface area contributed by atoms with E-state index < -0.39 is 12.8 Å². The van der Waals surface area contributed by atoms with Crippen LogP contribution < -0.4 is 10.3 Å². The third-order valence-corrected chi connectivity index (χ3v) is 5.13. The lowest BCUT2D eigenvalue weighted by molar-refractivity contribution is -0.154. The summed E-state index contributed by atoms with van der Waals surface area (Å²) >= 11 is 5.91. The lowest BCUT2D eigenvalue weighted by Crippen LogP contribution is -2.35. The lowest BCUT2D eigenvalue weighted by atomic mass is 10.1. The number of ether oxygens (including phenoxy) is 1. The van der Waals surface area contributed by atoms with Gasteiger partial charge < -0.3 is 9.72 Å². The van der Waals surface area contributed by atoms with Crippen molar-refractivity contribution in [3.63, 3.8) is 0 Å². The SMILES string of the molecule is O=c1[nH]c(-c2ccc(Cl)cc2)nc2c1CN(Cc1cccnc1OCC(F)(F)F)CC2. The van der Waals surface area contributed by atoms with E-state index in [0.29, 0.717) is 53.7 Å². The first-order valence-corrected chi connectivity index (χ1v) is 9.90. The molecule has 3 heterocycles. The van der Waals surface area contributed by atoms with Crippen LogP contribution in [0.25, 0.3) is 11.4 Å². The first kappa shape index (κ1) is 21.3. The molecule has 0 atom stereocenters. The molecule has 1 aliphatic rings. The zero-order chi connectivity index (χ0) is 22.0. The Labute approximate surface area is 180 Å². The van der Waals surface area contributed by atoms with Gasteiger partial charge in [-0.2, -0.15) is 13.2 Å². The normalized spacial score (nSPS) is 14.3. The molecule has 10 heteroatoms. The molecule has 3 aromatic rings. The van der Waals surface area contributed by atoms with Crippen molar-refractivity contribution in [2.24, 2.45) is 0 Å². The second-order valence-electron chi connectivity index (χ2n) is 7.18. The predicted molar refractivity (Wildman–Crippen MR) is 109 cm³/mol. The van der Waals surface area contributed by atoms with E-state index in [1.165, 1.54) is 6.20 Å². The number of hydrogen-bond acceptors (Lipinski definition) is 5. The minimum absolute atomic E-state index is 0.0595. The number of rotatable bonds is 5. The molecule has 0 saturated heterocycles. The van der Waals surface area contributed by atoms with E-state index in [1.807, 2.05) is 4.90 Å². The van der Waals surface area contributed by atoms with Crippen LogP contribution in [0.2, 0.25) is 5.02 Å². The highest BCUT2D eigenvalue weighted by molar-refractivity contribution is 6.30. The van der Waals surface area contributed by atoms with Crippen LogP contribution >= 0.6 is 11.6 Å². The van der Waals surface area contributed by atoms with Crippen molar-refractivity contribution in [3.05, 3.63) is 74.8 Å². The van der Waals surface area contributed by atoms with E-state index in [1.54, 1.807) is 36.4 Å². The average Bonchev–Trinajstić information content (AvgIpc) is 2.73. The van der Waals surface area contributed by atoms with Crippen LogP contribution in [0.4, 0.5) is 13.2 Å². The molecule has 31 heavy (non-hydrogen) atoms. The van der Waals surface area contributed by atoms with Crippen molar-refractivity contribution in [2.75, 3.05) is 13.2 Å². The van der Waals surface area contributed by atoms with E-state index in [-0.39, 0.29) is 11.4 Å². The topological polar surface area (TPSA) is 71.1 Å². The number of benzene rings is 1. The largest absolute Gasteiger partial charge is 0.468 e. The smallest absolute Gasteiger partial charge is 0.422 e. The summed E-state index contributed by atoms with van der Waals surface area (Å²) in [7, 11) is 0. The Bertz CT molecular complexity index is 1130. The maximum atomic E-state index is 12.7. The van der Waals surface area contributed by atoms with E-state index in [2.05, 4.69) is 15.0 Å². The maximum absolute atomic E-state index is 12.7. The fraction of sp³-hybridized carbons (Fsp3) is 0.286. The number of hydrogen-bond donors (Lipinski definition) is 1. The summed E-state index contributed by atoms with van der Waals surface area (Å²) in [5, 5.41) is 0.591. The number of nitrogens with zero attached hydrogens (tertiary/aromatic N) is 3. The Hall–Kier alpha value is -2.91. The lowest BCUT2D eigenvalue weighted by Gasteiger charge is -2.28. The van der Waals surface area contributed by atoms with Crippen LogP contribution in [0, 0.1) is 0 Å². The summed E-state index contributed by atoms with van der Waals surface area (Å²) in [6.45, 7) is -0.182. The number of aromatic nitrogens is 3. The molecule has 0 amide bonds. The number of alkyl halides is 3. The van der Waals surface area contributed by atoms with Crippen LogP contribution in [0.3, 0.4) is 0 Å². The van der Waals surface area contributed by atoms with Gasteiger partial charge in [0.2, 0.25) is 5.88 Å². The summed E-state index contributed by atoms with van der Waals surface area (Å²) in [6.07, 6.45) is -2.52. The summed E-state index contributed by atoms with van der Waals surface area (Å²) in [5.41, 5.74) is 2.31. The van der Waals surface area contributed by atoms with Gasteiger partial charge in [-0.05, 0) is 30.3 Å². The van der Waals surface area contributed by atoms with Crippen LogP contribution in [-0.4, -0.2) is 39.2 Å². The minimum atomic E-state index is -4.44. The Morgan fingerprint density at radius 1 is 1.19 bits per heavy atom. The minimum Gasteiger partial charge on any atom is -0.468 e. The van der Waals surface area contributed by atoms with Crippen molar-refractivity contribution in [2.45, 2.75) is 25.7 Å². The molecule has 0 radical (unpaired) electrons. The fourth-order valence-electron chi connectivity index (χ4n) is 3.43. The number of aromatic amines is 1. The van der Waals surface area contributed by atoms with Gasteiger partial charge in [0, 0.05) is 48.4 Å². The fourth-order valence-corrected chi connectivity index (χ4v) is 3.55. The first-order valence-electron chi connectivity index (χ1n) is 9.52. The van der Waals surface area contributed by atoms with Crippen LogP contribution in [0.5, 0.6) is 5.88 Å². The Balaban J connectivity index is 1.51. The van der Waals surface area contributed by atoms with Gasteiger partial charge in [-0.25, -0.2) is 9.97 Å². The third kappa shape index (κ3) is 5.23. The van der Waals surface area contributed by atoms with Gasteiger partial charge in [0.1, 0.15) is 5.82 Å². The molecular weight excluding hydrogens is 433 g/mol. The van der Waals surface area contributed by atoms with Crippen LogP contribution in [-0.2, 0) is 19.5 Å². The predicted octanol–water partition coefficient (Wildman–Crippen LogP) is 3.98. The van der Waals surface area contributed by atoms with Gasteiger partial charge in [0.05, 0.1) is 11.3 Å². The number of halogens is 4. The molecule has 2 aromatic heterocycles. The number of nitrogens with one attached hydrogen (secondary N) is 1. The van der Waals surface area contributed by atoms with Crippen molar-refractivity contribution < 1.29 is 17.9 Å². The number of fused-ring (bicyclic) bond motifs is 1. The summed E-state index contributed by atoms with van der Waals surface area (Å²) in [4.78, 5) is 26.0. The zero-order valence-electron chi connectivity index (χ0n) is 16.2. The Kier molecular flexibility index (Phi) is 5.97. The molecular formula is C21H18ClF3N4O2. The third-order valence-electron chi connectivity index (χ3n) is 4.88. The summed E-state index contributed by atoms with van der Waals surface area (Å²) in [5.74, 6) is 0.416. The van der Waals surface area contributed by atoms with E-state index >= 15 is 0 Å². The van der Waals surface area contributed by atoms with E-state index in [9.17, 15) is 18.0 Å². The molecule has 0 bridgehead atoms. The molecule has 1 aromatic carbocycles. The molecule has 1 aliphatic heterocycles. The van der Waals surface area contributed by atoms with Crippen molar-refractivity contribution in [1.29, 1.82) is 0 Å². The molecule has 0 unspecified atom stereocenters. The van der Waals surface area contributed by atoms with Crippen molar-refractivity contribution >= 4 is 11.6 Å². The van der Waals surface area contributed by atoms with E-state index in [4.69, 9.17) is 16.3 Å². The van der Waals surface area contributed by atoms with Gasteiger partial charge in [-0.1, -0.05) is 17.7 Å². The van der Waals surface area contributed by atoms with Crippen molar-refractivity contribution in [1.82, 2.24) is 19.9 Å². The summed E-state index contributed by atoms with van der Waals surface area (Å²) in [6, 6.07) is 10.3. The highest BCUT2D eigenvalue weighted by Gasteiger charge is 2.29. The van der Waals surface area contributed by atoms with Gasteiger partial charge in [-0.15, -0.1) is 0 Å². The number of pyridine rings is 1. The second-order valence-corrected chi connectivity index (χ2v) is 7.62. The molecule has 4 rings (SSSR count). The van der Waals surface area contributed by atoms with Crippen molar-refractivity contribution in [3.8, 4) is 17.3 Å². The highest BCUT2D eigenvalue weighted by Crippen LogP contribution is 2.24. The average molecular weight is 451 g/mol. The van der Waals surface area contributed by atoms with Crippen LogP contribution in [0.15, 0.2) is 47.4 Å². The molecule has 1 N–H and O–H groups in total. The molecule has 162 valence electrons. The van der Waals surface area contributed by atoms with Gasteiger partial charge in [0.15, 0.2) is 6.61 Å². The van der Waals surface area contributed by atoms with Gasteiger partial charge in [0.25, 0.3) is 5.56 Å². The quantitative estimate of drug-likeness (QED) is 0.636. The van der Waals surface area contributed by atoms with Gasteiger partial charge in [-0.3, -0.25) is 9.69 Å². The molecule has 0 spiro atoms. The molecule has 0 aliphatic carbocycles. The Morgan fingerprint density at radius 2 is 1.97 bits per heavy atom. The Morgan fingerprint density at radius 3 is 2.71 bits per heavy atom. The van der Waals surface area contributed by atoms with Crippen LogP contribution in [0.1, 0.15) is 16.8 Å². The van der Waals surface area contributed by atoms with Gasteiger partial charge >= 0.3 is 6.18 Å². The monoisotopic (exact) mass is 450 g/mol. The molecule has 6 nitrogen and oxygen atoms in total. The van der Waals surface area contributed by atoms with E-state index in [0.717, 1.165) is 5.56 Å².